The Morgan fingerprint density at radius 3 is 2.50 bits per heavy atom. The van der Waals surface area contributed by atoms with E-state index in [2.05, 4.69) is 0 Å². The van der Waals surface area contributed by atoms with E-state index in [1.54, 1.807) is 0 Å². The zero-order valence-corrected chi connectivity index (χ0v) is 9.98. The molecule has 2 aliphatic heterocycles. The molecular formula is C9H14IO4-. The Kier molecular flexibility index (Phi) is 2.48. The van der Waals surface area contributed by atoms with Crippen molar-refractivity contribution in [1.82, 2.24) is 0 Å². The van der Waals surface area contributed by atoms with E-state index in [4.69, 9.17) is 12.5 Å². The summed E-state index contributed by atoms with van der Waals surface area (Å²) < 4.78 is 18.0. The molecule has 0 aromatic rings. The Hall–Kier alpha value is 0.570. The van der Waals surface area contributed by atoms with Gasteiger partial charge in [-0.2, -0.15) is 0 Å². The molecule has 1 aliphatic carbocycles. The number of rotatable bonds is 0. The predicted octanol–water partition coefficient (Wildman–Crippen LogP) is -2.89. The summed E-state index contributed by atoms with van der Waals surface area (Å²) in [7, 11) is 0. The minimum atomic E-state index is -0.370. The molecule has 3 fully saturated rings. The molecule has 82 valence electrons. The Morgan fingerprint density at radius 2 is 1.93 bits per heavy atom. The van der Waals surface area contributed by atoms with Crippen molar-refractivity contribution in [1.29, 1.82) is 0 Å². The van der Waals surface area contributed by atoms with Gasteiger partial charge in [-0.1, -0.05) is 0 Å². The fourth-order valence-corrected chi connectivity index (χ4v) is 4.81. The molecule has 0 aromatic heterocycles. The van der Waals surface area contributed by atoms with E-state index >= 15 is 0 Å². The summed E-state index contributed by atoms with van der Waals surface area (Å²) in [6.07, 6.45) is 1.34. The number of aliphatic hydroxyl groups is 1. The van der Waals surface area contributed by atoms with Crippen LogP contribution in [0.2, 0.25) is 0 Å². The van der Waals surface area contributed by atoms with Gasteiger partial charge in [0.05, 0.1) is 0 Å². The van der Waals surface area contributed by atoms with Crippen LogP contribution in [0.1, 0.15) is 12.8 Å². The molecule has 2 unspecified atom stereocenters. The van der Waals surface area contributed by atoms with Gasteiger partial charge in [0.25, 0.3) is 0 Å². The predicted molar refractivity (Wildman–Crippen MR) is 42.8 cm³/mol. The van der Waals surface area contributed by atoms with Gasteiger partial charge < -0.3 is 0 Å². The van der Waals surface area contributed by atoms with Crippen molar-refractivity contribution in [3.8, 4) is 0 Å². The fraction of sp³-hybridized carbons (Fsp3) is 1.00. The second kappa shape index (κ2) is 3.55. The van der Waals surface area contributed by atoms with Gasteiger partial charge in [0.15, 0.2) is 0 Å². The first-order chi connectivity index (χ1) is 6.81. The fourth-order valence-electron chi connectivity index (χ4n) is 2.73. The molecule has 14 heavy (non-hydrogen) atoms. The first kappa shape index (κ1) is 9.77. The molecule has 0 aromatic carbocycles. The summed E-state index contributed by atoms with van der Waals surface area (Å²) in [6, 6.07) is 0. The third-order valence-corrected chi connectivity index (χ3v) is 4.95. The van der Waals surface area contributed by atoms with Gasteiger partial charge in [-0.25, -0.2) is 0 Å². The van der Waals surface area contributed by atoms with Gasteiger partial charge in [-0.05, 0) is 0 Å². The Balaban J connectivity index is 1.89. The minimum absolute atomic E-state index is 0.189. The van der Waals surface area contributed by atoms with Crippen molar-refractivity contribution in [2.24, 2.45) is 11.8 Å². The second-order valence-corrected chi connectivity index (χ2v) is 5.90. The van der Waals surface area contributed by atoms with Crippen molar-refractivity contribution in [3.63, 3.8) is 0 Å². The summed E-state index contributed by atoms with van der Waals surface area (Å²) in [5.74, 6) is 0.115. The van der Waals surface area contributed by atoms with Crippen molar-refractivity contribution >= 4 is 0 Å². The quantitative estimate of drug-likeness (QED) is 0.385. The normalized spacial score (nSPS) is 53.1. The summed E-state index contributed by atoms with van der Waals surface area (Å²) in [6.45, 7) is 1.36. The Morgan fingerprint density at radius 1 is 1.21 bits per heavy atom. The van der Waals surface area contributed by atoms with Crippen molar-refractivity contribution in [2.45, 2.75) is 24.7 Å². The van der Waals surface area contributed by atoms with Gasteiger partial charge in [0.1, 0.15) is 0 Å². The molecule has 2 heterocycles. The molecule has 0 radical (unpaired) electrons. The van der Waals surface area contributed by atoms with Crippen LogP contribution in [-0.2, 0) is 12.5 Å². The van der Waals surface area contributed by atoms with E-state index in [0.29, 0.717) is 13.2 Å². The Bertz CT molecular complexity index is 213. The van der Waals surface area contributed by atoms with Crippen molar-refractivity contribution in [2.75, 3.05) is 17.8 Å². The number of halogens is 1. The van der Waals surface area contributed by atoms with Crippen molar-refractivity contribution in [3.05, 3.63) is 0 Å². The van der Waals surface area contributed by atoms with Crippen LogP contribution in [0, 0.1) is 11.8 Å². The Labute approximate surface area is 93.7 Å². The summed E-state index contributed by atoms with van der Waals surface area (Å²) >= 11 is -0.233. The molecule has 2 bridgehead atoms. The van der Waals surface area contributed by atoms with Crippen LogP contribution in [0.4, 0.5) is 0 Å². The van der Waals surface area contributed by atoms with Crippen LogP contribution in [0.5, 0.6) is 0 Å². The summed E-state index contributed by atoms with van der Waals surface area (Å²) in [5, 5.41) is 9.70. The number of hydrogen-bond donors (Lipinski definition) is 1. The molecule has 5 heteroatoms. The van der Waals surface area contributed by atoms with Crippen LogP contribution >= 0.6 is 0 Å². The molecule has 1 N–H and O–H groups in total. The first-order valence-electron chi connectivity index (χ1n) is 4.98. The third kappa shape index (κ3) is 1.33. The van der Waals surface area contributed by atoms with E-state index < -0.39 is 0 Å². The maximum absolute atomic E-state index is 9.70. The molecule has 1 spiro atoms. The first-order valence-corrected chi connectivity index (χ1v) is 7.39. The topological polar surface area (TPSA) is 47.9 Å². The molecule has 1 saturated carbocycles. The van der Waals surface area contributed by atoms with Crippen LogP contribution in [0.25, 0.3) is 0 Å². The number of aliphatic hydroxyl groups excluding tert-OH is 1. The van der Waals surface area contributed by atoms with Gasteiger partial charge in [0.2, 0.25) is 0 Å². The summed E-state index contributed by atoms with van der Waals surface area (Å²) in [4.78, 5) is 0. The molecular weight excluding hydrogens is 299 g/mol. The average molecular weight is 313 g/mol. The van der Waals surface area contributed by atoms with E-state index in [0.717, 1.165) is 17.5 Å². The van der Waals surface area contributed by atoms with E-state index in [-0.39, 0.29) is 45.3 Å². The summed E-state index contributed by atoms with van der Waals surface area (Å²) in [5.41, 5.74) is 0. The van der Waals surface area contributed by atoms with Crippen LogP contribution < -0.4 is 21.6 Å². The van der Waals surface area contributed by atoms with Gasteiger partial charge in [-0.15, -0.1) is 0 Å². The molecule has 0 amide bonds. The van der Waals surface area contributed by atoms with Crippen LogP contribution in [0.15, 0.2) is 0 Å². The zero-order valence-electron chi connectivity index (χ0n) is 7.82. The third-order valence-electron chi connectivity index (χ3n) is 3.39. The van der Waals surface area contributed by atoms with Gasteiger partial charge >= 0.3 is 93.7 Å². The van der Waals surface area contributed by atoms with Gasteiger partial charge in [0, 0.05) is 0 Å². The molecule has 4 nitrogen and oxygen atoms in total. The zero-order chi connectivity index (χ0) is 9.60. The van der Waals surface area contributed by atoms with E-state index in [1.807, 2.05) is 0 Å². The van der Waals surface area contributed by atoms with Crippen LogP contribution in [-0.4, -0.2) is 34.8 Å². The van der Waals surface area contributed by atoms with Crippen molar-refractivity contribution < 1.29 is 39.3 Å². The number of hydrogen-bond acceptors (Lipinski definition) is 4. The van der Waals surface area contributed by atoms with Gasteiger partial charge in [-0.3, -0.25) is 0 Å². The standard InChI is InChI=1S/C9H14IO4/c11-8-1-6-3-12-4-7(2-8)9(6)13-5-10-14-9/h6-8,11H,1-5H2/q-1. The number of ether oxygens (including phenoxy) is 2. The monoisotopic (exact) mass is 313 g/mol. The SMILES string of the molecule is OC1CC2COCC(C1)C21OC[I-]O1. The van der Waals surface area contributed by atoms with E-state index in [9.17, 15) is 5.11 Å². The molecule has 3 rings (SSSR count). The van der Waals surface area contributed by atoms with Crippen LogP contribution in [0.3, 0.4) is 0 Å². The molecule has 2 atom stereocenters. The second-order valence-electron chi connectivity index (χ2n) is 4.22. The molecule has 2 saturated heterocycles. The number of alkyl halides is 1. The molecule has 3 aliphatic rings. The maximum atomic E-state index is 9.70. The average Bonchev–Trinajstić information content (AvgIpc) is 2.58. The van der Waals surface area contributed by atoms with E-state index in [1.165, 1.54) is 0 Å².